The molecule has 4 aromatic rings. The van der Waals surface area contributed by atoms with E-state index in [4.69, 9.17) is 10.00 Å². The number of aryl methyl sites for hydroxylation is 2. The molecule has 0 aliphatic heterocycles. The summed E-state index contributed by atoms with van der Waals surface area (Å²) in [5.41, 5.74) is 3.04. The summed E-state index contributed by atoms with van der Waals surface area (Å²) in [5, 5.41) is 27.6. The Bertz CT molecular complexity index is 1450. The molecule has 4 rings (SSSR count). The van der Waals surface area contributed by atoms with Gasteiger partial charge in [0.05, 0.1) is 35.8 Å². The van der Waals surface area contributed by atoms with Gasteiger partial charge in [-0.3, -0.25) is 4.68 Å². The van der Waals surface area contributed by atoms with Crippen molar-refractivity contribution in [2.75, 3.05) is 7.11 Å². The van der Waals surface area contributed by atoms with Gasteiger partial charge in [-0.05, 0) is 26.0 Å². The van der Waals surface area contributed by atoms with Crippen molar-refractivity contribution < 1.29 is 23.0 Å². The summed E-state index contributed by atoms with van der Waals surface area (Å²) in [5.74, 6) is 0.791. The summed E-state index contributed by atoms with van der Waals surface area (Å²) in [6.07, 6.45) is -5.88. The summed E-state index contributed by atoms with van der Waals surface area (Å²) < 4.78 is 48.0. The Labute approximate surface area is 204 Å². The smallest absolute Gasteiger partial charge is 0.418 e. The largest absolute Gasteiger partial charge is 0.492 e. The molecule has 1 atom stereocenters. The zero-order valence-electron chi connectivity index (χ0n) is 19.9. The van der Waals surface area contributed by atoms with Crippen molar-refractivity contribution in [1.82, 2.24) is 29.5 Å². The molecule has 36 heavy (non-hydrogen) atoms. The van der Waals surface area contributed by atoms with Gasteiger partial charge in [-0.1, -0.05) is 12.1 Å². The second-order valence-corrected chi connectivity index (χ2v) is 8.13. The molecule has 0 aliphatic carbocycles. The summed E-state index contributed by atoms with van der Waals surface area (Å²) in [6, 6.07) is 10.6. The first-order valence-corrected chi connectivity index (χ1v) is 10.8. The van der Waals surface area contributed by atoms with Gasteiger partial charge in [0.2, 0.25) is 0 Å². The second kappa shape index (κ2) is 9.43. The molecular weight excluding hydrogens is 475 g/mol. The predicted molar refractivity (Wildman–Crippen MR) is 122 cm³/mol. The van der Waals surface area contributed by atoms with Crippen molar-refractivity contribution in [3.63, 3.8) is 0 Å². The van der Waals surface area contributed by atoms with Crippen LogP contribution < -0.4 is 4.74 Å². The first kappa shape index (κ1) is 24.9. The third-order valence-corrected chi connectivity index (χ3v) is 5.81. The van der Waals surface area contributed by atoms with Crippen LogP contribution in [0.1, 0.15) is 40.0 Å². The molecule has 9 nitrogen and oxygen atoms in total. The third-order valence-electron chi connectivity index (χ3n) is 5.81. The van der Waals surface area contributed by atoms with E-state index in [0.717, 1.165) is 5.56 Å². The van der Waals surface area contributed by atoms with Gasteiger partial charge in [-0.2, -0.15) is 28.6 Å². The number of aromatic nitrogens is 6. The molecule has 3 heterocycles. The first-order valence-electron chi connectivity index (χ1n) is 10.8. The number of halogens is 3. The average molecular weight is 497 g/mol. The van der Waals surface area contributed by atoms with E-state index < -0.39 is 12.3 Å². The number of nitrogens with zero attached hydrogens (tertiary/aromatic N) is 7. The van der Waals surface area contributed by atoms with Crippen molar-refractivity contribution in [3.8, 4) is 28.9 Å². The van der Waals surface area contributed by atoms with E-state index in [1.165, 1.54) is 32.0 Å². The molecule has 3 aromatic heterocycles. The minimum absolute atomic E-state index is 0.0536. The Morgan fingerprint density at radius 1 is 1.14 bits per heavy atom. The fourth-order valence-electron chi connectivity index (χ4n) is 4.05. The second-order valence-electron chi connectivity index (χ2n) is 8.13. The highest BCUT2D eigenvalue weighted by Crippen LogP contribution is 2.36. The van der Waals surface area contributed by atoms with Crippen LogP contribution in [0.3, 0.4) is 0 Å². The molecule has 1 unspecified atom stereocenters. The van der Waals surface area contributed by atoms with Crippen LogP contribution in [0.5, 0.6) is 5.75 Å². The number of nitriles is 1. The number of rotatable bonds is 6. The molecule has 0 bridgehead atoms. The Hall–Kier alpha value is -4.24. The van der Waals surface area contributed by atoms with Gasteiger partial charge < -0.3 is 9.84 Å². The van der Waals surface area contributed by atoms with Crippen LogP contribution in [0.15, 0.2) is 36.7 Å². The molecule has 0 saturated carbocycles. The fourth-order valence-corrected chi connectivity index (χ4v) is 4.05. The lowest BCUT2D eigenvalue weighted by molar-refractivity contribution is -0.207. The molecule has 1 N–H and O–H groups in total. The van der Waals surface area contributed by atoms with E-state index >= 15 is 0 Å². The summed E-state index contributed by atoms with van der Waals surface area (Å²) >= 11 is 0. The Morgan fingerprint density at radius 2 is 1.83 bits per heavy atom. The number of methoxy groups -OCH3 is 1. The third kappa shape index (κ3) is 4.52. The van der Waals surface area contributed by atoms with Crippen LogP contribution in [0, 0.1) is 25.2 Å². The van der Waals surface area contributed by atoms with Crippen molar-refractivity contribution in [2.24, 2.45) is 7.05 Å². The SMILES string of the molecule is COc1c(-c2ccc(C#N)cc2)nn(C)c1Cc1cc(-n2nc(C)c(C(O)C(F)(F)F)c2C)ncn1. The van der Waals surface area contributed by atoms with Crippen LogP contribution >= 0.6 is 0 Å². The molecule has 186 valence electrons. The van der Waals surface area contributed by atoms with Crippen molar-refractivity contribution in [3.05, 3.63) is 70.6 Å². The van der Waals surface area contributed by atoms with Crippen LogP contribution in [-0.4, -0.2) is 47.9 Å². The van der Waals surface area contributed by atoms with Crippen LogP contribution in [-0.2, 0) is 13.5 Å². The Morgan fingerprint density at radius 3 is 2.44 bits per heavy atom. The summed E-state index contributed by atoms with van der Waals surface area (Å²) in [6.45, 7) is 2.85. The van der Waals surface area contributed by atoms with Crippen LogP contribution in [0.2, 0.25) is 0 Å². The van der Waals surface area contributed by atoms with E-state index in [1.807, 2.05) is 0 Å². The Kier molecular flexibility index (Phi) is 6.51. The standard InChI is InChI=1S/C24H22F3N7O2/c1-13-20(23(35)24(25,26)27)14(2)34(31-13)19-10-17(29-12-30-19)9-18-22(36-4)21(32-33(18)3)16-7-5-15(11-28)6-8-16/h5-8,10,12,23,35H,9H2,1-4H3. The zero-order valence-corrected chi connectivity index (χ0v) is 19.9. The van der Waals surface area contributed by atoms with Gasteiger partial charge in [-0.15, -0.1) is 0 Å². The minimum Gasteiger partial charge on any atom is -0.492 e. The number of ether oxygens (including phenoxy) is 1. The van der Waals surface area contributed by atoms with Gasteiger partial charge in [0.25, 0.3) is 0 Å². The summed E-state index contributed by atoms with van der Waals surface area (Å²) in [7, 11) is 3.29. The van der Waals surface area contributed by atoms with Crippen molar-refractivity contribution >= 4 is 0 Å². The minimum atomic E-state index is -4.82. The molecular formula is C24H22F3N7O2. The van der Waals surface area contributed by atoms with Crippen LogP contribution in [0.25, 0.3) is 17.1 Å². The Balaban J connectivity index is 1.69. The van der Waals surface area contributed by atoms with E-state index in [9.17, 15) is 18.3 Å². The highest BCUT2D eigenvalue weighted by Gasteiger charge is 2.42. The number of alkyl halides is 3. The highest BCUT2D eigenvalue weighted by molar-refractivity contribution is 5.68. The van der Waals surface area contributed by atoms with E-state index in [-0.39, 0.29) is 29.2 Å². The lowest BCUT2D eigenvalue weighted by Crippen LogP contribution is -2.21. The number of aliphatic hydroxyl groups is 1. The topological polar surface area (TPSA) is 115 Å². The maximum absolute atomic E-state index is 13.1. The number of hydrogen-bond acceptors (Lipinski definition) is 7. The van der Waals surface area contributed by atoms with Crippen molar-refractivity contribution in [1.29, 1.82) is 5.26 Å². The molecule has 0 spiro atoms. The fraction of sp³-hybridized carbons (Fsp3) is 0.292. The van der Waals surface area contributed by atoms with Gasteiger partial charge >= 0.3 is 6.18 Å². The molecule has 0 radical (unpaired) electrons. The first-order chi connectivity index (χ1) is 17.0. The van der Waals surface area contributed by atoms with Gasteiger partial charge in [0.15, 0.2) is 17.7 Å². The molecule has 0 saturated heterocycles. The number of aliphatic hydroxyl groups excluding tert-OH is 1. The molecule has 12 heteroatoms. The van der Waals surface area contributed by atoms with E-state index in [2.05, 4.69) is 26.2 Å². The normalized spacial score (nSPS) is 12.4. The van der Waals surface area contributed by atoms with Gasteiger partial charge in [0, 0.05) is 36.4 Å². The van der Waals surface area contributed by atoms with Gasteiger partial charge in [-0.25, -0.2) is 14.6 Å². The van der Waals surface area contributed by atoms with E-state index in [1.54, 1.807) is 42.1 Å². The lowest BCUT2D eigenvalue weighted by atomic mass is 10.1. The maximum Gasteiger partial charge on any atom is 0.418 e. The molecule has 0 amide bonds. The number of benzene rings is 1. The molecule has 0 fully saturated rings. The monoisotopic (exact) mass is 497 g/mol. The highest BCUT2D eigenvalue weighted by atomic mass is 19.4. The van der Waals surface area contributed by atoms with Gasteiger partial charge in [0.1, 0.15) is 12.0 Å². The summed E-state index contributed by atoms with van der Waals surface area (Å²) in [4.78, 5) is 8.47. The van der Waals surface area contributed by atoms with Crippen LogP contribution in [0.4, 0.5) is 13.2 Å². The lowest BCUT2D eigenvalue weighted by Gasteiger charge is -2.15. The van der Waals surface area contributed by atoms with E-state index in [0.29, 0.717) is 28.4 Å². The van der Waals surface area contributed by atoms with Crippen molar-refractivity contribution in [2.45, 2.75) is 32.5 Å². The quantitative estimate of drug-likeness (QED) is 0.432. The average Bonchev–Trinajstić information content (AvgIpc) is 3.33. The maximum atomic E-state index is 13.1. The number of hydrogen-bond donors (Lipinski definition) is 1. The molecule has 1 aromatic carbocycles. The molecule has 0 aliphatic rings. The predicted octanol–water partition coefficient (Wildman–Crippen LogP) is 3.75. The zero-order chi connectivity index (χ0) is 26.2.